The van der Waals surface area contributed by atoms with Crippen molar-refractivity contribution in [2.75, 3.05) is 44.7 Å². The monoisotopic (exact) mass is 344 g/mol. The Balaban J connectivity index is 1.49. The molecule has 1 heterocycles. The van der Waals surface area contributed by atoms with Gasteiger partial charge in [0.1, 0.15) is 11.6 Å². The fourth-order valence-electron chi connectivity index (χ4n) is 3.32. The van der Waals surface area contributed by atoms with Crippen LogP contribution in [0.2, 0.25) is 0 Å². The minimum atomic E-state index is -0.441. The van der Waals surface area contributed by atoms with E-state index in [4.69, 9.17) is 4.74 Å². The van der Waals surface area contributed by atoms with Gasteiger partial charge in [-0.2, -0.15) is 0 Å². The van der Waals surface area contributed by atoms with Crippen molar-refractivity contribution in [1.82, 2.24) is 4.90 Å². The summed E-state index contributed by atoms with van der Waals surface area (Å²) in [6, 6.07) is 14.4. The maximum Gasteiger partial charge on any atom is 0.142 e. The lowest BCUT2D eigenvalue weighted by Gasteiger charge is -2.37. The van der Waals surface area contributed by atoms with E-state index >= 15 is 0 Å². The van der Waals surface area contributed by atoms with Crippen LogP contribution in [0.5, 0.6) is 5.75 Å². The summed E-state index contributed by atoms with van der Waals surface area (Å²) in [6.45, 7) is 4.25. The van der Waals surface area contributed by atoms with Crippen molar-refractivity contribution in [3.63, 3.8) is 0 Å². The summed E-state index contributed by atoms with van der Waals surface area (Å²) in [4.78, 5) is 4.60. The van der Waals surface area contributed by atoms with Gasteiger partial charge in [0.2, 0.25) is 0 Å². The van der Waals surface area contributed by atoms with Gasteiger partial charge < -0.3 is 14.7 Å². The minimum absolute atomic E-state index is 0.245. The predicted molar refractivity (Wildman–Crippen MR) is 97.8 cm³/mol. The van der Waals surface area contributed by atoms with Gasteiger partial charge in [-0.1, -0.05) is 24.3 Å². The molecule has 1 N–H and O–H groups in total. The minimum Gasteiger partial charge on any atom is -0.495 e. The van der Waals surface area contributed by atoms with E-state index in [1.165, 1.54) is 12.1 Å². The molecule has 1 aliphatic rings. The number of aliphatic hydroxyl groups excluding tert-OH is 1. The lowest BCUT2D eigenvalue weighted by atomic mass is 10.1. The third kappa shape index (κ3) is 4.71. The molecule has 0 saturated carbocycles. The number of rotatable bonds is 6. The van der Waals surface area contributed by atoms with E-state index in [9.17, 15) is 9.50 Å². The summed E-state index contributed by atoms with van der Waals surface area (Å²) in [5, 5.41) is 10.3. The molecule has 2 aromatic rings. The zero-order valence-electron chi connectivity index (χ0n) is 14.6. The van der Waals surface area contributed by atoms with E-state index in [1.54, 1.807) is 19.2 Å². The van der Waals surface area contributed by atoms with E-state index in [0.717, 1.165) is 43.2 Å². The summed E-state index contributed by atoms with van der Waals surface area (Å²) >= 11 is 0. The Kier molecular flexibility index (Phi) is 5.89. The number of ether oxygens (including phenoxy) is 1. The number of benzene rings is 2. The molecule has 0 spiro atoms. The quantitative estimate of drug-likeness (QED) is 0.874. The molecule has 0 radical (unpaired) electrons. The molecular formula is C20H25FN2O2. The lowest BCUT2D eigenvalue weighted by Crippen LogP contribution is -2.48. The molecule has 0 bridgehead atoms. The van der Waals surface area contributed by atoms with Crippen molar-refractivity contribution in [2.45, 2.75) is 12.5 Å². The number of hydrogen-bond donors (Lipinski definition) is 1. The van der Waals surface area contributed by atoms with Gasteiger partial charge in [-0.05, 0) is 36.2 Å². The van der Waals surface area contributed by atoms with E-state index in [0.29, 0.717) is 13.0 Å². The first-order valence-corrected chi connectivity index (χ1v) is 8.68. The van der Waals surface area contributed by atoms with Crippen molar-refractivity contribution in [3.8, 4) is 5.75 Å². The maximum atomic E-state index is 12.9. The van der Waals surface area contributed by atoms with Gasteiger partial charge in [-0.15, -0.1) is 0 Å². The topological polar surface area (TPSA) is 35.9 Å². The average molecular weight is 344 g/mol. The molecule has 1 atom stereocenters. The van der Waals surface area contributed by atoms with E-state index in [-0.39, 0.29) is 5.82 Å². The third-order valence-corrected chi connectivity index (χ3v) is 4.65. The number of hydrogen-bond acceptors (Lipinski definition) is 4. The molecule has 0 unspecified atom stereocenters. The Morgan fingerprint density at radius 2 is 1.72 bits per heavy atom. The van der Waals surface area contributed by atoms with Crippen LogP contribution < -0.4 is 9.64 Å². The number of halogens is 1. The summed E-state index contributed by atoms with van der Waals surface area (Å²) < 4.78 is 18.4. The molecule has 1 saturated heterocycles. The number of piperazine rings is 1. The van der Waals surface area contributed by atoms with Crippen molar-refractivity contribution in [1.29, 1.82) is 0 Å². The van der Waals surface area contributed by atoms with Gasteiger partial charge in [0, 0.05) is 32.7 Å². The Morgan fingerprint density at radius 1 is 1.04 bits per heavy atom. The van der Waals surface area contributed by atoms with Crippen LogP contribution in [0.15, 0.2) is 48.5 Å². The second-order valence-corrected chi connectivity index (χ2v) is 6.44. The fraction of sp³-hybridized carbons (Fsp3) is 0.400. The summed E-state index contributed by atoms with van der Waals surface area (Å²) in [7, 11) is 1.70. The van der Waals surface area contributed by atoms with E-state index in [1.807, 2.05) is 18.2 Å². The van der Waals surface area contributed by atoms with Crippen LogP contribution >= 0.6 is 0 Å². The van der Waals surface area contributed by atoms with Gasteiger partial charge in [-0.3, -0.25) is 4.90 Å². The third-order valence-electron chi connectivity index (χ3n) is 4.65. The summed E-state index contributed by atoms with van der Waals surface area (Å²) in [5.74, 6) is 0.651. The van der Waals surface area contributed by atoms with Gasteiger partial charge >= 0.3 is 0 Å². The lowest BCUT2D eigenvalue weighted by molar-refractivity contribution is 0.109. The normalized spacial score (nSPS) is 16.7. The maximum absolute atomic E-state index is 12.9. The van der Waals surface area contributed by atoms with Crippen molar-refractivity contribution in [2.24, 2.45) is 0 Å². The van der Waals surface area contributed by atoms with Crippen molar-refractivity contribution in [3.05, 3.63) is 59.9 Å². The Labute approximate surface area is 148 Å². The zero-order chi connectivity index (χ0) is 17.6. The number of para-hydroxylation sites is 2. The van der Waals surface area contributed by atoms with Crippen LogP contribution in [-0.2, 0) is 6.42 Å². The average Bonchev–Trinajstić information content (AvgIpc) is 2.64. The van der Waals surface area contributed by atoms with E-state index < -0.39 is 6.10 Å². The molecule has 25 heavy (non-hydrogen) atoms. The van der Waals surface area contributed by atoms with E-state index in [2.05, 4.69) is 15.9 Å². The van der Waals surface area contributed by atoms with Gasteiger partial charge in [-0.25, -0.2) is 4.39 Å². The first-order chi connectivity index (χ1) is 12.2. The molecule has 4 nitrogen and oxygen atoms in total. The summed E-state index contributed by atoms with van der Waals surface area (Å²) in [5.41, 5.74) is 2.08. The standard InChI is InChI=1S/C20H25FN2O2/c1-25-20-5-3-2-4-19(20)23-12-10-22(11-13-23)15-18(24)14-16-6-8-17(21)9-7-16/h2-9,18,24H,10-15H2,1H3/t18-/m1/s1. The highest BCUT2D eigenvalue weighted by atomic mass is 19.1. The van der Waals surface area contributed by atoms with Gasteiger partial charge in [0.05, 0.1) is 18.9 Å². The fourth-order valence-corrected chi connectivity index (χ4v) is 3.32. The molecule has 134 valence electrons. The second kappa shape index (κ2) is 8.32. The highest BCUT2D eigenvalue weighted by molar-refractivity contribution is 5.58. The number of β-amino-alcohol motifs (C(OH)–C–C–N with tert-alkyl or cyclic N) is 1. The largest absolute Gasteiger partial charge is 0.495 e. The molecular weight excluding hydrogens is 319 g/mol. The van der Waals surface area contributed by atoms with Crippen LogP contribution in [0.1, 0.15) is 5.56 Å². The highest BCUT2D eigenvalue weighted by Crippen LogP contribution is 2.28. The number of anilines is 1. The van der Waals surface area contributed by atoms with Crippen LogP contribution in [0.4, 0.5) is 10.1 Å². The van der Waals surface area contributed by atoms with Crippen LogP contribution in [0, 0.1) is 5.82 Å². The zero-order valence-corrected chi connectivity index (χ0v) is 14.6. The first-order valence-electron chi connectivity index (χ1n) is 8.68. The molecule has 5 heteroatoms. The number of nitrogens with zero attached hydrogens (tertiary/aromatic N) is 2. The SMILES string of the molecule is COc1ccccc1N1CCN(C[C@H](O)Cc2ccc(F)cc2)CC1. The smallest absolute Gasteiger partial charge is 0.142 e. The number of aliphatic hydroxyl groups is 1. The second-order valence-electron chi connectivity index (χ2n) is 6.44. The predicted octanol–water partition coefficient (Wildman–Crippen LogP) is 2.56. The van der Waals surface area contributed by atoms with Gasteiger partial charge in [0.15, 0.2) is 0 Å². The number of methoxy groups -OCH3 is 1. The Bertz CT molecular complexity index is 670. The molecule has 0 amide bonds. The molecule has 2 aromatic carbocycles. The van der Waals surface area contributed by atoms with Crippen LogP contribution in [0.25, 0.3) is 0 Å². The molecule has 1 fully saturated rings. The van der Waals surface area contributed by atoms with Crippen LogP contribution in [0.3, 0.4) is 0 Å². The first kappa shape index (κ1) is 17.7. The Morgan fingerprint density at radius 3 is 2.40 bits per heavy atom. The Hall–Kier alpha value is -2.11. The molecule has 3 rings (SSSR count). The molecule has 1 aliphatic heterocycles. The van der Waals surface area contributed by atoms with Crippen molar-refractivity contribution < 1.29 is 14.2 Å². The van der Waals surface area contributed by atoms with Gasteiger partial charge in [0.25, 0.3) is 0 Å². The molecule has 0 aromatic heterocycles. The highest BCUT2D eigenvalue weighted by Gasteiger charge is 2.21. The van der Waals surface area contributed by atoms with Crippen LogP contribution in [-0.4, -0.2) is 55.9 Å². The van der Waals surface area contributed by atoms with Crippen molar-refractivity contribution >= 4 is 5.69 Å². The molecule has 0 aliphatic carbocycles. The summed E-state index contributed by atoms with van der Waals surface area (Å²) in [6.07, 6.45) is 0.107.